The van der Waals surface area contributed by atoms with Gasteiger partial charge in [0, 0.05) is 17.1 Å². The van der Waals surface area contributed by atoms with Gasteiger partial charge in [0.2, 0.25) is 0 Å². The molecule has 6 heteroatoms. The molecule has 0 aromatic carbocycles. The van der Waals surface area contributed by atoms with Gasteiger partial charge >= 0.3 is 17.9 Å². The number of hydrogen-bond donors (Lipinski definition) is 0. The van der Waals surface area contributed by atoms with Gasteiger partial charge in [0.05, 0.1) is 11.5 Å². The smallest absolute Gasteiger partial charge is 0.338 e. The molecule has 26 heavy (non-hydrogen) atoms. The minimum Gasteiger partial charge on any atom is -0.457 e. The molecule has 0 saturated carbocycles. The predicted octanol–water partition coefficient (Wildman–Crippen LogP) is 2.16. The van der Waals surface area contributed by atoms with Gasteiger partial charge in [-0.3, -0.25) is 0 Å². The number of fused-ring (bicyclic) bond motifs is 4. The SMILES string of the molecule is C=C1C(=O)OC2C3C(C)=CCC3=C3C(=O)OC3C(OC(=O)C(C)=CC)C12. The Morgan fingerprint density at radius 3 is 2.69 bits per heavy atom. The third-order valence-corrected chi connectivity index (χ3v) is 5.83. The molecule has 6 nitrogen and oxygen atoms in total. The van der Waals surface area contributed by atoms with E-state index in [1.165, 1.54) is 0 Å². The number of allylic oxidation sites excluding steroid dienone is 2. The molecule has 4 rings (SSSR count). The molecule has 0 aromatic rings. The lowest BCUT2D eigenvalue weighted by Crippen LogP contribution is -2.51. The lowest BCUT2D eigenvalue weighted by Gasteiger charge is -2.37. The van der Waals surface area contributed by atoms with Crippen molar-refractivity contribution < 1.29 is 28.6 Å². The molecule has 0 amide bonds. The molecule has 0 radical (unpaired) electrons. The maximum atomic E-state index is 12.4. The first-order chi connectivity index (χ1) is 12.3. The molecule has 4 aliphatic rings. The standard InChI is InChI=1S/C20H20O6/c1-5-8(2)18(21)25-16-13-10(4)19(22)24-15(13)12-9(3)6-7-11(12)14-17(16)26-20(14)23/h5-6,12-13,15-17H,4,7H2,1-3H3. The second kappa shape index (κ2) is 5.69. The summed E-state index contributed by atoms with van der Waals surface area (Å²) >= 11 is 0. The van der Waals surface area contributed by atoms with Crippen molar-refractivity contribution in [3.63, 3.8) is 0 Å². The molecule has 0 bridgehead atoms. The Kier molecular flexibility index (Phi) is 3.68. The van der Waals surface area contributed by atoms with Gasteiger partial charge < -0.3 is 14.2 Å². The first-order valence-corrected chi connectivity index (χ1v) is 8.69. The van der Waals surface area contributed by atoms with Crippen molar-refractivity contribution in [2.75, 3.05) is 0 Å². The average molecular weight is 356 g/mol. The third kappa shape index (κ3) is 2.14. The Morgan fingerprint density at radius 2 is 2.04 bits per heavy atom. The van der Waals surface area contributed by atoms with Crippen LogP contribution in [0.4, 0.5) is 0 Å². The fraction of sp³-hybridized carbons (Fsp3) is 0.450. The van der Waals surface area contributed by atoms with Crippen molar-refractivity contribution in [3.05, 3.63) is 46.6 Å². The third-order valence-electron chi connectivity index (χ3n) is 5.83. The number of carbonyl (C=O) groups is 3. The van der Waals surface area contributed by atoms with E-state index < -0.39 is 36.2 Å². The monoisotopic (exact) mass is 356 g/mol. The molecule has 0 aromatic heterocycles. The summed E-state index contributed by atoms with van der Waals surface area (Å²) in [5.41, 5.74) is 3.20. The minimum atomic E-state index is -0.819. The van der Waals surface area contributed by atoms with E-state index in [0.717, 1.165) is 11.1 Å². The van der Waals surface area contributed by atoms with Crippen LogP contribution in [0.15, 0.2) is 46.6 Å². The highest BCUT2D eigenvalue weighted by atomic mass is 16.6. The lowest BCUT2D eigenvalue weighted by molar-refractivity contribution is -0.178. The zero-order valence-corrected chi connectivity index (χ0v) is 14.9. The van der Waals surface area contributed by atoms with Gasteiger partial charge in [-0.05, 0) is 32.8 Å². The number of esters is 3. The van der Waals surface area contributed by atoms with Crippen LogP contribution >= 0.6 is 0 Å². The number of carbonyl (C=O) groups excluding carboxylic acids is 3. The van der Waals surface area contributed by atoms with Crippen molar-refractivity contribution in [2.24, 2.45) is 11.8 Å². The summed E-state index contributed by atoms with van der Waals surface area (Å²) in [5, 5.41) is 0. The van der Waals surface area contributed by atoms with Crippen LogP contribution in [0.25, 0.3) is 0 Å². The van der Waals surface area contributed by atoms with Crippen molar-refractivity contribution in [3.8, 4) is 0 Å². The van der Waals surface area contributed by atoms with E-state index in [4.69, 9.17) is 14.2 Å². The number of hydrogen-bond acceptors (Lipinski definition) is 6. The van der Waals surface area contributed by atoms with Gasteiger partial charge in [0.25, 0.3) is 0 Å². The van der Waals surface area contributed by atoms with Gasteiger partial charge in [-0.1, -0.05) is 24.3 Å². The maximum absolute atomic E-state index is 12.4. The molecule has 0 spiro atoms. The lowest BCUT2D eigenvalue weighted by atomic mass is 9.82. The number of ether oxygens (including phenoxy) is 3. The first-order valence-electron chi connectivity index (χ1n) is 8.69. The van der Waals surface area contributed by atoms with Crippen LogP contribution < -0.4 is 0 Å². The molecule has 2 fully saturated rings. The van der Waals surface area contributed by atoms with E-state index in [9.17, 15) is 14.4 Å². The van der Waals surface area contributed by atoms with E-state index in [2.05, 4.69) is 6.58 Å². The highest BCUT2D eigenvalue weighted by molar-refractivity contribution is 5.98. The molecule has 2 aliphatic heterocycles. The van der Waals surface area contributed by atoms with Crippen molar-refractivity contribution >= 4 is 17.9 Å². The molecular formula is C20H20O6. The fourth-order valence-electron chi connectivity index (χ4n) is 4.30. The second-order valence-corrected chi connectivity index (χ2v) is 7.16. The van der Waals surface area contributed by atoms with Gasteiger partial charge in [0.15, 0.2) is 12.2 Å². The minimum absolute atomic E-state index is 0.194. The van der Waals surface area contributed by atoms with Gasteiger partial charge in [0.1, 0.15) is 6.10 Å². The van der Waals surface area contributed by atoms with E-state index in [1.807, 2.05) is 13.0 Å². The normalized spacial score (nSPS) is 35.5. The number of rotatable bonds is 2. The molecule has 5 atom stereocenters. The average Bonchev–Trinajstić information content (AvgIpc) is 3.07. The molecule has 0 N–H and O–H groups in total. The summed E-state index contributed by atoms with van der Waals surface area (Å²) < 4.78 is 16.7. The van der Waals surface area contributed by atoms with E-state index in [0.29, 0.717) is 17.6 Å². The van der Waals surface area contributed by atoms with E-state index in [1.54, 1.807) is 19.9 Å². The van der Waals surface area contributed by atoms with Gasteiger partial charge in [-0.15, -0.1) is 0 Å². The van der Waals surface area contributed by atoms with Gasteiger partial charge in [-0.25, -0.2) is 14.4 Å². The summed E-state index contributed by atoms with van der Waals surface area (Å²) in [6, 6.07) is 0. The fourth-order valence-corrected chi connectivity index (χ4v) is 4.30. The Balaban J connectivity index is 1.81. The Hall–Kier alpha value is -2.63. The molecular weight excluding hydrogens is 336 g/mol. The molecule has 2 aliphatic carbocycles. The summed E-state index contributed by atoms with van der Waals surface area (Å²) in [7, 11) is 0. The Morgan fingerprint density at radius 1 is 1.31 bits per heavy atom. The quantitative estimate of drug-likeness (QED) is 0.327. The Bertz CT molecular complexity index is 842. The van der Waals surface area contributed by atoms with E-state index in [-0.39, 0.29) is 17.5 Å². The second-order valence-electron chi connectivity index (χ2n) is 7.16. The topological polar surface area (TPSA) is 78.9 Å². The van der Waals surface area contributed by atoms with Crippen molar-refractivity contribution in [1.82, 2.24) is 0 Å². The van der Waals surface area contributed by atoms with Crippen LogP contribution in [0.5, 0.6) is 0 Å². The van der Waals surface area contributed by atoms with Crippen molar-refractivity contribution in [1.29, 1.82) is 0 Å². The van der Waals surface area contributed by atoms with Crippen LogP contribution in [0, 0.1) is 11.8 Å². The van der Waals surface area contributed by atoms with Crippen LogP contribution in [-0.2, 0) is 28.6 Å². The predicted molar refractivity (Wildman–Crippen MR) is 90.6 cm³/mol. The zero-order valence-electron chi connectivity index (χ0n) is 14.9. The maximum Gasteiger partial charge on any atom is 0.338 e. The summed E-state index contributed by atoms with van der Waals surface area (Å²) in [6.07, 6.45) is 2.25. The molecule has 136 valence electrons. The van der Waals surface area contributed by atoms with Crippen LogP contribution in [0.1, 0.15) is 27.2 Å². The molecule has 5 unspecified atom stereocenters. The summed E-state index contributed by atoms with van der Waals surface area (Å²) in [6.45, 7) is 9.21. The Labute approximate surface area is 151 Å². The summed E-state index contributed by atoms with van der Waals surface area (Å²) in [4.78, 5) is 36.8. The van der Waals surface area contributed by atoms with E-state index >= 15 is 0 Å². The highest BCUT2D eigenvalue weighted by Crippen LogP contribution is 2.52. The molecule has 2 saturated heterocycles. The first kappa shape index (κ1) is 16.8. The zero-order chi connectivity index (χ0) is 18.7. The summed E-state index contributed by atoms with van der Waals surface area (Å²) in [5.74, 6) is -2.13. The highest BCUT2D eigenvalue weighted by Gasteiger charge is 2.61. The molecule has 2 heterocycles. The van der Waals surface area contributed by atoms with Crippen LogP contribution in [0.2, 0.25) is 0 Å². The largest absolute Gasteiger partial charge is 0.457 e. The van der Waals surface area contributed by atoms with Crippen molar-refractivity contribution in [2.45, 2.75) is 45.5 Å². The van der Waals surface area contributed by atoms with Gasteiger partial charge in [-0.2, -0.15) is 0 Å². The van der Waals surface area contributed by atoms with Crippen LogP contribution in [0.3, 0.4) is 0 Å². The van der Waals surface area contributed by atoms with Crippen LogP contribution in [-0.4, -0.2) is 36.2 Å².